The molecule has 18 nitrogen and oxygen atoms in total. The van der Waals surface area contributed by atoms with Crippen molar-refractivity contribution >= 4 is 68.7 Å². The van der Waals surface area contributed by atoms with Crippen LogP contribution < -0.4 is 10.1 Å². The van der Waals surface area contributed by atoms with Crippen LogP contribution in [0.15, 0.2) is 72.8 Å². The van der Waals surface area contributed by atoms with Crippen LogP contribution in [0.25, 0.3) is 20.5 Å². The molecule has 4 aromatic rings. The lowest BCUT2D eigenvalue weighted by molar-refractivity contribution is -0.159. The van der Waals surface area contributed by atoms with Gasteiger partial charge in [0, 0.05) is 51.4 Å². The number of benzene rings is 3. The number of fused-ring (bicyclic) bond motifs is 1. The second-order valence-corrected chi connectivity index (χ2v) is 13.5. The molecule has 0 atom stereocenters. The van der Waals surface area contributed by atoms with E-state index >= 15 is 0 Å². The van der Waals surface area contributed by atoms with Crippen molar-refractivity contribution in [2.45, 2.75) is 25.7 Å². The molecule has 3 heterocycles. The lowest BCUT2D eigenvalue weighted by Crippen LogP contribution is -2.25. The number of aliphatic carboxylic acids is 6. The minimum atomic E-state index is -1.82. The highest BCUT2D eigenvalue weighted by Crippen LogP contribution is 2.40. The number of ketones is 1. The highest BCUT2D eigenvalue weighted by atomic mass is 32.1. The number of carboxylic acid groups (broad SMARTS) is 6. The number of nitrogens with one attached hydrogen (secondary N) is 1. The van der Waals surface area contributed by atoms with E-state index in [2.05, 4.69) is 39.4 Å². The first-order valence-electron chi connectivity index (χ1n) is 17.6. The van der Waals surface area contributed by atoms with Crippen molar-refractivity contribution in [3.63, 3.8) is 0 Å². The van der Waals surface area contributed by atoms with Gasteiger partial charge in [-0.3, -0.25) is 9.69 Å². The number of carboxylic acids is 6. The monoisotopic (exact) mass is 827 g/mol. The molecule has 0 amide bonds. The number of rotatable bonds is 11. The van der Waals surface area contributed by atoms with Gasteiger partial charge in [-0.05, 0) is 112 Å². The van der Waals surface area contributed by atoms with Crippen molar-refractivity contribution in [2.75, 3.05) is 57.7 Å². The molecular formula is C39H45N3O15S. The van der Waals surface area contributed by atoms with Gasteiger partial charge >= 0.3 is 35.8 Å². The lowest BCUT2D eigenvalue weighted by atomic mass is 9.97. The van der Waals surface area contributed by atoms with Crippen LogP contribution in [-0.4, -0.2) is 140 Å². The first-order chi connectivity index (χ1) is 27.2. The number of nitrogens with zero attached hydrogens (tertiary/aromatic N) is 2. The maximum absolute atomic E-state index is 13.9. The van der Waals surface area contributed by atoms with Crippen LogP contribution in [0, 0.1) is 0 Å². The Hall–Kier alpha value is -6.41. The Morgan fingerprint density at radius 2 is 1.07 bits per heavy atom. The summed E-state index contributed by atoms with van der Waals surface area (Å²) in [5, 5.41) is 48.9. The molecule has 0 spiro atoms. The van der Waals surface area contributed by atoms with Crippen molar-refractivity contribution in [3.8, 4) is 16.2 Å². The number of hydrogen-bond acceptors (Lipinski definition) is 12. The van der Waals surface area contributed by atoms with Gasteiger partial charge in [0.05, 0.1) is 0 Å². The molecule has 2 saturated heterocycles. The van der Waals surface area contributed by atoms with Crippen molar-refractivity contribution in [2.24, 2.45) is 0 Å². The van der Waals surface area contributed by atoms with Crippen LogP contribution in [0.2, 0.25) is 0 Å². The van der Waals surface area contributed by atoms with Crippen LogP contribution in [0.3, 0.4) is 0 Å². The molecule has 3 aromatic carbocycles. The van der Waals surface area contributed by atoms with Crippen LogP contribution in [0.1, 0.15) is 41.6 Å². The Morgan fingerprint density at radius 3 is 1.55 bits per heavy atom. The van der Waals surface area contributed by atoms with Crippen molar-refractivity contribution in [1.82, 2.24) is 9.80 Å². The molecule has 0 saturated carbocycles. The van der Waals surface area contributed by atoms with Gasteiger partial charge < -0.3 is 51.1 Å². The minimum absolute atomic E-state index is 0. The zero-order chi connectivity index (χ0) is 41.9. The van der Waals surface area contributed by atoms with Gasteiger partial charge in [-0.1, -0.05) is 18.2 Å². The number of anilines is 1. The summed E-state index contributed by atoms with van der Waals surface area (Å²) in [7, 11) is 0. The average Bonchev–Trinajstić information content (AvgIpc) is 3.98. The van der Waals surface area contributed by atoms with Gasteiger partial charge in [0.1, 0.15) is 12.4 Å². The maximum Gasteiger partial charge on any atom is 0.414 e. The molecule has 0 bridgehead atoms. The van der Waals surface area contributed by atoms with Crippen LogP contribution in [0.5, 0.6) is 5.75 Å². The number of ether oxygens (including phenoxy) is 1. The highest BCUT2D eigenvalue weighted by Gasteiger charge is 2.22. The molecule has 0 aliphatic carbocycles. The zero-order valence-electron chi connectivity index (χ0n) is 31.2. The second-order valence-electron chi connectivity index (χ2n) is 12.4. The Balaban J connectivity index is 0.000000512. The highest BCUT2D eigenvalue weighted by molar-refractivity contribution is 7.22. The SMILES string of the molecule is O.O=C(O)C(=O)O.O=C(O)C(=O)O.O=C(O)C(=O)O.O=C(c1ccc(NCCN2CCCC2)cc1)c1c(-c2ccc(OCCN3CCCC3)cc2)sc2ccccc12. The van der Waals surface area contributed by atoms with Gasteiger partial charge in [-0.15, -0.1) is 11.3 Å². The van der Waals surface area contributed by atoms with Crippen molar-refractivity contribution < 1.29 is 74.4 Å². The van der Waals surface area contributed by atoms with Gasteiger partial charge in [0.25, 0.3) is 0 Å². The third-order valence-electron chi connectivity index (χ3n) is 8.47. The van der Waals surface area contributed by atoms with E-state index in [0.29, 0.717) is 12.2 Å². The second kappa shape index (κ2) is 24.3. The number of carbonyl (C=O) groups excluding carboxylic acids is 1. The van der Waals surface area contributed by atoms with Crippen LogP contribution >= 0.6 is 11.3 Å². The molecule has 312 valence electrons. The van der Waals surface area contributed by atoms with E-state index in [-0.39, 0.29) is 11.3 Å². The van der Waals surface area contributed by atoms with E-state index in [1.165, 1.54) is 51.9 Å². The molecule has 2 aliphatic heterocycles. The number of carbonyl (C=O) groups is 7. The maximum atomic E-state index is 13.9. The molecule has 19 heteroatoms. The van der Waals surface area contributed by atoms with E-state index < -0.39 is 35.8 Å². The topological polar surface area (TPSA) is 300 Å². The minimum Gasteiger partial charge on any atom is -0.492 e. The predicted molar refractivity (Wildman–Crippen MR) is 212 cm³/mol. The quantitative estimate of drug-likeness (QED) is 0.0841. The molecule has 0 radical (unpaired) electrons. The molecular weight excluding hydrogens is 783 g/mol. The third kappa shape index (κ3) is 15.6. The smallest absolute Gasteiger partial charge is 0.414 e. The summed E-state index contributed by atoms with van der Waals surface area (Å²) >= 11 is 1.68. The summed E-state index contributed by atoms with van der Waals surface area (Å²) in [5.74, 6) is -10.0. The Bertz CT molecular complexity index is 1910. The lowest BCUT2D eigenvalue weighted by Gasteiger charge is -2.15. The fraction of sp³-hybridized carbons (Fsp3) is 0.308. The molecule has 2 fully saturated rings. The first kappa shape index (κ1) is 47.7. The predicted octanol–water partition coefficient (Wildman–Crippen LogP) is 3.42. The molecule has 0 unspecified atom stereocenters. The zero-order valence-corrected chi connectivity index (χ0v) is 32.0. The Kier molecular flexibility index (Phi) is 20.0. The molecule has 9 N–H and O–H groups in total. The van der Waals surface area contributed by atoms with E-state index in [4.69, 9.17) is 64.1 Å². The van der Waals surface area contributed by atoms with Crippen LogP contribution in [0.4, 0.5) is 5.69 Å². The standard InChI is InChI=1S/C33H37N3O2S.3C2H2O4.H2O/c37-32(25-9-13-27(14-10-25)34-17-22-35-18-3-4-19-35)31-29-7-1-2-8-30(29)39-33(31)26-11-15-28(16-12-26)38-24-23-36-20-5-6-21-36;3*3-1(4)2(5)6;/h1-2,7-16,34H,3-6,17-24H2;3*(H,3,4)(H,5,6);1H2. The average molecular weight is 828 g/mol. The summed E-state index contributed by atoms with van der Waals surface area (Å²) < 4.78 is 7.15. The van der Waals surface area contributed by atoms with Crippen molar-refractivity contribution in [1.29, 1.82) is 0 Å². The number of likely N-dealkylation sites (tertiary alicyclic amines) is 2. The van der Waals surface area contributed by atoms with E-state index in [1.54, 1.807) is 11.3 Å². The van der Waals surface area contributed by atoms with E-state index in [0.717, 1.165) is 57.2 Å². The summed E-state index contributed by atoms with van der Waals surface area (Å²) in [6.45, 7) is 8.45. The molecule has 58 heavy (non-hydrogen) atoms. The fourth-order valence-electron chi connectivity index (χ4n) is 5.72. The van der Waals surface area contributed by atoms with Gasteiger partial charge in [-0.2, -0.15) is 0 Å². The Labute approximate surface area is 335 Å². The Morgan fingerprint density at radius 1 is 0.603 bits per heavy atom. The van der Waals surface area contributed by atoms with Gasteiger partial charge in [0.15, 0.2) is 5.78 Å². The van der Waals surface area contributed by atoms with Gasteiger partial charge in [-0.25, -0.2) is 28.8 Å². The molecule has 1 aromatic heterocycles. The van der Waals surface area contributed by atoms with Crippen LogP contribution in [-0.2, 0) is 28.8 Å². The largest absolute Gasteiger partial charge is 0.492 e. The van der Waals surface area contributed by atoms with E-state index in [1.807, 2.05) is 48.5 Å². The summed E-state index contributed by atoms with van der Waals surface area (Å²) in [6.07, 6.45) is 5.22. The number of thiophene rings is 1. The number of hydrogen-bond donors (Lipinski definition) is 7. The third-order valence-corrected chi connectivity index (χ3v) is 9.69. The van der Waals surface area contributed by atoms with Crippen molar-refractivity contribution in [3.05, 3.63) is 83.9 Å². The van der Waals surface area contributed by atoms with Gasteiger partial charge in [0.2, 0.25) is 0 Å². The summed E-state index contributed by atoms with van der Waals surface area (Å²) in [5.41, 5.74) is 3.60. The molecule has 6 rings (SSSR count). The first-order valence-corrected chi connectivity index (χ1v) is 18.5. The molecule has 2 aliphatic rings. The summed E-state index contributed by atoms with van der Waals surface area (Å²) in [6, 6.07) is 24.4. The normalized spacial score (nSPS) is 13.2. The fourth-order valence-corrected chi connectivity index (χ4v) is 6.93. The van der Waals surface area contributed by atoms with E-state index in [9.17, 15) is 4.79 Å². The summed E-state index contributed by atoms with van der Waals surface area (Å²) in [4.78, 5) is 74.5.